The predicted octanol–water partition coefficient (Wildman–Crippen LogP) is 2.81. The van der Waals surface area contributed by atoms with Gasteiger partial charge in [0, 0.05) is 30.4 Å². The van der Waals surface area contributed by atoms with Gasteiger partial charge in [-0.2, -0.15) is 0 Å². The Labute approximate surface area is 124 Å². The van der Waals surface area contributed by atoms with E-state index in [2.05, 4.69) is 46.1 Å². The first-order valence-electron chi connectivity index (χ1n) is 6.98. The van der Waals surface area contributed by atoms with Crippen molar-refractivity contribution in [2.24, 2.45) is 11.7 Å². The Hall–Kier alpha value is -0.580. The monoisotopic (exact) mass is 326 g/mol. The fraction of sp³-hybridized carbons (Fsp3) is 0.600. The molecule has 0 spiro atoms. The van der Waals surface area contributed by atoms with Crippen LogP contribution >= 0.6 is 15.9 Å². The molecule has 3 nitrogen and oxygen atoms in total. The largest absolute Gasteiger partial charge is 0.381 e. The molecule has 1 aliphatic rings. The zero-order valence-corrected chi connectivity index (χ0v) is 13.2. The number of hydrogen-bond acceptors (Lipinski definition) is 3. The molecule has 19 heavy (non-hydrogen) atoms. The molecular formula is C15H23BrN2O. The maximum atomic E-state index is 5.61. The van der Waals surface area contributed by atoms with Crippen LogP contribution in [0.4, 0.5) is 5.69 Å². The molecule has 1 heterocycles. The molecule has 1 aliphatic heterocycles. The van der Waals surface area contributed by atoms with Gasteiger partial charge in [0.05, 0.1) is 6.61 Å². The highest BCUT2D eigenvalue weighted by Gasteiger charge is 2.16. The Balaban J connectivity index is 1.98. The topological polar surface area (TPSA) is 38.5 Å². The van der Waals surface area contributed by atoms with E-state index in [1.54, 1.807) is 0 Å². The third kappa shape index (κ3) is 4.20. The van der Waals surface area contributed by atoms with E-state index in [0.717, 1.165) is 30.7 Å². The molecule has 0 aromatic heterocycles. The lowest BCUT2D eigenvalue weighted by molar-refractivity contribution is 0.0576. The van der Waals surface area contributed by atoms with Crippen molar-refractivity contribution in [3.63, 3.8) is 0 Å². The predicted molar refractivity (Wildman–Crippen MR) is 83.7 cm³/mol. The van der Waals surface area contributed by atoms with E-state index < -0.39 is 0 Å². The SMILES string of the molecule is CN(CC1CCCOC1)c1ccc(CCN)c(Br)c1. The summed E-state index contributed by atoms with van der Waals surface area (Å²) in [5.41, 5.74) is 8.13. The van der Waals surface area contributed by atoms with E-state index in [0.29, 0.717) is 12.5 Å². The Kier molecular flexibility index (Phi) is 5.67. The van der Waals surface area contributed by atoms with Crippen molar-refractivity contribution in [1.29, 1.82) is 0 Å². The molecule has 2 rings (SSSR count). The number of rotatable bonds is 5. The normalized spacial score (nSPS) is 19.4. The molecule has 2 N–H and O–H groups in total. The van der Waals surface area contributed by atoms with Crippen LogP contribution in [0, 0.1) is 5.92 Å². The van der Waals surface area contributed by atoms with Gasteiger partial charge >= 0.3 is 0 Å². The van der Waals surface area contributed by atoms with Crippen LogP contribution in [0.25, 0.3) is 0 Å². The fourth-order valence-corrected chi connectivity index (χ4v) is 3.14. The minimum absolute atomic E-state index is 0.654. The van der Waals surface area contributed by atoms with E-state index in [9.17, 15) is 0 Å². The third-order valence-corrected chi connectivity index (χ3v) is 4.42. The maximum Gasteiger partial charge on any atom is 0.0511 e. The van der Waals surface area contributed by atoms with Crippen LogP contribution in [0.1, 0.15) is 18.4 Å². The summed E-state index contributed by atoms with van der Waals surface area (Å²) in [4.78, 5) is 2.32. The molecule has 0 radical (unpaired) electrons. The molecular weight excluding hydrogens is 304 g/mol. The summed E-state index contributed by atoms with van der Waals surface area (Å²) < 4.78 is 6.70. The molecule has 1 saturated heterocycles. The minimum Gasteiger partial charge on any atom is -0.381 e. The number of halogens is 1. The smallest absolute Gasteiger partial charge is 0.0511 e. The van der Waals surface area contributed by atoms with Gasteiger partial charge in [0.1, 0.15) is 0 Å². The summed E-state index contributed by atoms with van der Waals surface area (Å²) in [5, 5.41) is 0. The second-order valence-electron chi connectivity index (χ2n) is 5.28. The Morgan fingerprint density at radius 3 is 2.95 bits per heavy atom. The van der Waals surface area contributed by atoms with E-state index >= 15 is 0 Å². The van der Waals surface area contributed by atoms with Crippen LogP contribution in [0.15, 0.2) is 22.7 Å². The molecule has 106 valence electrons. The van der Waals surface area contributed by atoms with E-state index in [1.165, 1.54) is 24.1 Å². The van der Waals surface area contributed by atoms with E-state index in [-0.39, 0.29) is 0 Å². The Bertz CT molecular complexity index is 405. The first-order valence-corrected chi connectivity index (χ1v) is 7.77. The molecule has 0 aliphatic carbocycles. The van der Waals surface area contributed by atoms with Gasteiger partial charge in [-0.25, -0.2) is 0 Å². The van der Waals surface area contributed by atoms with Gasteiger partial charge in [-0.15, -0.1) is 0 Å². The highest BCUT2D eigenvalue weighted by atomic mass is 79.9. The van der Waals surface area contributed by atoms with Crippen LogP contribution < -0.4 is 10.6 Å². The second kappa shape index (κ2) is 7.27. The summed E-state index contributed by atoms with van der Waals surface area (Å²) in [5.74, 6) is 0.654. The average molecular weight is 327 g/mol. The van der Waals surface area contributed by atoms with Crippen molar-refractivity contribution >= 4 is 21.6 Å². The molecule has 0 saturated carbocycles. The molecule has 1 fully saturated rings. The van der Waals surface area contributed by atoms with Gasteiger partial charge in [-0.1, -0.05) is 22.0 Å². The van der Waals surface area contributed by atoms with Gasteiger partial charge in [0.25, 0.3) is 0 Å². The van der Waals surface area contributed by atoms with Crippen LogP contribution in [0.5, 0.6) is 0 Å². The number of benzene rings is 1. The Morgan fingerprint density at radius 1 is 1.47 bits per heavy atom. The lowest BCUT2D eigenvalue weighted by Gasteiger charge is -2.28. The number of anilines is 1. The van der Waals surface area contributed by atoms with Crippen molar-refractivity contribution in [2.45, 2.75) is 19.3 Å². The summed E-state index contributed by atoms with van der Waals surface area (Å²) in [6.07, 6.45) is 3.38. The first kappa shape index (κ1) is 14.8. The van der Waals surface area contributed by atoms with Gasteiger partial charge in [0.2, 0.25) is 0 Å². The van der Waals surface area contributed by atoms with Crippen LogP contribution in [-0.4, -0.2) is 33.4 Å². The van der Waals surface area contributed by atoms with Crippen LogP contribution in [-0.2, 0) is 11.2 Å². The number of ether oxygens (including phenoxy) is 1. The highest BCUT2D eigenvalue weighted by Crippen LogP contribution is 2.25. The van der Waals surface area contributed by atoms with Gasteiger partial charge < -0.3 is 15.4 Å². The lowest BCUT2D eigenvalue weighted by atomic mass is 10.0. The van der Waals surface area contributed by atoms with E-state index in [4.69, 9.17) is 10.5 Å². The van der Waals surface area contributed by atoms with Crippen molar-refractivity contribution < 1.29 is 4.74 Å². The molecule has 1 aromatic rings. The molecule has 0 bridgehead atoms. The quantitative estimate of drug-likeness (QED) is 0.904. The lowest BCUT2D eigenvalue weighted by Crippen LogP contribution is -2.30. The summed E-state index contributed by atoms with van der Waals surface area (Å²) in [7, 11) is 2.15. The van der Waals surface area contributed by atoms with Crippen LogP contribution in [0.3, 0.4) is 0 Å². The fourth-order valence-electron chi connectivity index (χ4n) is 2.58. The van der Waals surface area contributed by atoms with Crippen molar-refractivity contribution in [3.05, 3.63) is 28.2 Å². The van der Waals surface area contributed by atoms with Gasteiger partial charge in [-0.05, 0) is 49.4 Å². The van der Waals surface area contributed by atoms with E-state index in [1.807, 2.05) is 0 Å². The number of nitrogens with zero attached hydrogens (tertiary/aromatic N) is 1. The van der Waals surface area contributed by atoms with Crippen molar-refractivity contribution in [3.8, 4) is 0 Å². The standard InChI is InChI=1S/C15H23BrN2O/c1-18(10-12-3-2-8-19-11-12)14-5-4-13(6-7-17)15(16)9-14/h4-5,9,12H,2-3,6-8,10-11,17H2,1H3. The van der Waals surface area contributed by atoms with Crippen molar-refractivity contribution in [1.82, 2.24) is 0 Å². The highest BCUT2D eigenvalue weighted by molar-refractivity contribution is 9.10. The van der Waals surface area contributed by atoms with Crippen molar-refractivity contribution in [2.75, 3.05) is 38.3 Å². The molecule has 1 atom stereocenters. The molecule has 0 amide bonds. The van der Waals surface area contributed by atoms with Gasteiger partial charge in [0.15, 0.2) is 0 Å². The second-order valence-corrected chi connectivity index (χ2v) is 6.13. The molecule has 4 heteroatoms. The zero-order valence-electron chi connectivity index (χ0n) is 11.6. The maximum absolute atomic E-state index is 5.61. The molecule has 1 aromatic carbocycles. The summed E-state index contributed by atoms with van der Waals surface area (Å²) in [6.45, 7) is 3.58. The zero-order chi connectivity index (χ0) is 13.7. The minimum atomic E-state index is 0.654. The number of nitrogens with two attached hydrogens (primary N) is 1. The number of hydrogen-bond donors (Lipinski definition) is 1. The Morgan fingerprint density at radius 2 is 2.32 bits per heavy atom. The molecule has 1 unspecified atom stereocenters. The van der Waals surface area contributed by atoms with Gasteiger partial charge in [-0.3, -0.25) is 0 Å². The first-order chi connectivity index (χ1) is 9.20. The summed E-state index contributed by atoms with van der Waals surface area (Å²) >= 11 is 3.63. The third-order valence-electron chi connectivity index (χ3n) is 3.68. The average Bonchev–Trinajstić information content (AvgIpc) is 2.42. The summed E-state index contributed by atoms with van der Waals surface area (Å²) in [6, 6.07) is 6.54. The van der Waals surface area contributed by atoms with Crippen LogP contribution in [0.2, 0.25) is 0 Å².